The lowest BCUT2D eigenvalue weighted by atomic mass is 9.83. The van der Waals surface area contributed by atoms with Crippen molar-refractivity contribution in [3.8, 4) is 5.75 Å². The number of aliphatic hydroxyl groups excluding tert-OH is 1. The molecule has 7 nitrogen and oxygen atoms in total. The predicted octanol–water partition coefficient (Wildman–Crippen LogP) is 1.76. The molecule has 0 saturated carbocycles. The van der Waals surface area contributed by atoms with Gasteiger partial charge in [-0.05, 0) is 24.1 Å². The third-order valence-corrected chi connectivity index (χ3v) is 5.18. The van der Waals surface area contributed by atoms with Gasteiger partial charge in [0.25, 0.3) is 0 Å². The molecule has 0 bridgehead atoms. The number of likely N-dealkylation sites (tertiary alicyclic amines) is 1. The Labute approximate surface area is 167 Å². The van der Waals surface area contributed by atoms with Crippen molar-refractivity contribution in [2.75, 3.05) is 40.5 Å². The first-order chi connectivity index (χ1) is 13.3. The van der Waals surface area contributed by atoms with Gasteiger partial charge in [0.15, 0.2) is 0 Å². The smallest absolute Gasteiger partial charge is 0.225 e. The fourth-order valence-corrected chi connectivity index (χ4v) is 3.43. The van der Waals surface area contributed by atoms with Crippen molar-refractivity contribution < 1.29 is 24.2 Å². The molecule has 0 spiro atoms. The van der Waals surface area contributed by atoms with E-state index in [2.05, 4.69) is 5.32 Å². The number of hydrogen-bond donors (Lipinski definition) is 2. The molecule has 1 aliphatic rings. The minimum absolute atomic E-state index is 0.0181. The fraction of sp³-hybridized carbons (Fsp3) is 0.619. The van der Waals surface area contributed by atoms with Crippen molar-refractivity contribution in [3.05, 3.63) is 29.8 Å². The summed E-state index contributed by atoms with van der Waals surface area (Å²) >= 11 is 0. The van der Waals surface area contributed by atoms with Crippen LogP contribution in [-0.2, 0) is 14.3 Å². The van der Waals surface area contributed by atoms with Crippen LogP contribution in [0, 0.1) is 11.3 Å². The van der Waals surface area contributed by atoms with Crippen LogP contribution in [-0.4, -0.2) is 62.3 Å². The lowest BCUT2D eigenvalue weighted by molar-refractivity contribution is -0.144. The number of benzene rings is 1. The molecule has 0 aliphatic carbocycles. The quantitative estimate of drug-likeness (QED) is 0.669. The molecular weight excluding hydrogens is 360 g/mol. The maximum absolute atomic E-state index is 13.0. The maximum atomic E-state index is 13.0. The van der Waals surface area contributed by atoms with Gasteiger partial charge in [-0.1, -0.05) is 26.0 Å². The van der Waals surface area contributed by atoms with Gasteiger partial charge < -0.3 is 24.8 Å². The number of aliphatic hydroxyl groups is 1. The summed E-state index contributed by atoms with van der Waals surface area (Å²) < 4.78 is 10.5. The zero-order valence-corrected chi connectivity index (χ0v) is 17.2. The molecule has 156 valence electrons. The number of ether oxygens (including phenoxy) is 2. The summed E-state index contributed by atoms with van der Waals surface area (Å²) in [4.78, 5) is 27.4. The van der Waals surface area contributed by atoms with Crippen LogP contribution in [0.5, 0.6) is 5.75 Å². The number of amides is 2. The van der Waals surface area contributed by atoms with Crippen LogP contribution < -0.4 is 10.1 Å². The first-order valence-electron chi connectivity index (χ1n) is 9.64. The average molecular weight is 392 g/mol. The van der Waals surface area contributed by atoms with Crippen LogP contribution in [0.2, 0.25) is 0 Å². The van der Waals surface area contributed by atoms with E-state index in [4.69, 9.17) is 9.47 Å². The van der Waals surface area contributed by atoms with E-state index < -0.39 is 5.41 Å². The molecule has 28 heavy (non-hydrogen) atoms. The summed E-state index contributed by atoms with van der Waals surface area (Å²) in [5.74, 6) is 0.216. The predicted molar refractivity (Wildman–Crippen MR) is 106 cm³/mol. The Morgan fingerprint density at radius 2 is 2.11 bits per heavy atom. The van der Waals surface area contributed by atoms with Crippen LogP contribution in [0.15, 0.2) is 24.3 Å². The summed E-state index contributed by atoms with van der Waals surface area (Å²) in [6.45, 7) is 4.96. The molecule has 1 aromatic rings. The SMILES string of the molecule is COCCN1C(=O)CC[C@@H](C(=O)NCC(C)(C)CO)[C@@H]1c1cccc(OC)c1. The first-order valence-corrected chi connectivity index (χ1v) is 9.64. The molecule has 0 aromatic heterocycles. The molecule has 2 N–H and O–H groups in total. The second-order valence-corrected chi connectivity index (χ2v) is 7.99. The van der Waals surface area contributed by atoms with Gasteiger partial charge in [0.2, 0.25) is 11.8 Å². The summed E-state index contributed by atoms with van der Waals surface area (Å²) in [5.41, 5.74) is 0.464. The molecule has 1 aliphatic heterocycles. The first kappa shape index (κ1) is 22.2. The van der Waals surface area contributed by atoms with Gasteiger partial charge in [0, 0.05) is 38.6 Å². The highest BCUT2D eigenvalue weighted by atomic mass is 16.5. The molecule has 1 fully saturated rings. The Kier molecular flexibility index (Phi) is 7.83. The van der Waals surface area contributed by atoms with Crippen molar-refractivity contribution >= 4 is 11.8 Å². The standard InChI is InChI=1S/C21H32N2O5/c1-21(2,14-24)13-22-20(26)17-8-9-18(25)23(10-11-27-3)19(17)15-6-5-7-16(12-15)28-4/h5-7,12,17,19,24H,8-11,13-14H2,1-4H3,(H,22,26)/t17-,19+/m1/s1. The van der Waals surface area contributed by atoms with Crippen LogP contribution in [0.1, 0.15) is 38.3 Å². The van der Waals surface area contributed by atoms with E-state index in [0.29, 0.717) is 38.3 Å². The number of nitrogens with one attached hydrogen (secondary N) is 1. The monoisotopic (exact) mass is 392 g/mol. The van der Waals surface area contributed by atoms with E-state index in [1.165, 1.54) is 0 Å². The number of piperidine rings is 1. The van der Waals surface area contributed by atoms with Gasteiger partial charge >= 0.3 is 0 Å². The minimum Gasteiger partial charge on any atom is -0.497 e. The lowest BCUT2D eigenvalue weighted by Gasteiger charge is -2.41. The largest absolute Gasteiger partial charge is 0.497 e. The van der Waals surface area contributed by atoms with Crippen molar-refractivity contribution in [3.63, 3.8) is 0 Å². The second-order valence-electron chi connectivity index (χ2n) is 7.99. The zero-order valence-electron chi connectivity index (χ0n) is 17.2. The van der Waals surface area contributed by atoms with Crippen molar-refractivity contribution in [2.24, 2.45) is 11.3 Å². The molecule has 0 radical (unpaired) electrons. The topological polar surface area (TPSA) is 88.1 Å². The molecular formula is C21H32N2O5. The number of rotatable bonds is 9. The van der Waals surface area contributed by atoms with E-state index in [0.717, 1.165) is 5.56 Å². The van der Waals surface area contributed by atoms with Crippen LogP contribution in [0.3, 0.4) is 0 Å². The van der Waals surface area contributed by atoms with Crippen LogP contribution in [0.4, 0.5) is 0 Å². The van der Waals surface area contributed by atoms with Gasteiger partial charge in [-0.25, -0.2) is 0 Å². The Balaban J connectivity index is 2.32. The van der Waals surface area contributed by atoms with E-state index >= 15 is 0 Å². The summed E-state index contributed by atoms with van der Waals surface area (Å²) in [6, 6.07) is 7.12. The third-order valence-electron chi connectivity index (χ3n) is 5.18. The van der Waals surface area contributed by atoms with E-state index in [9.17, 15) is 14.7 Å². The summed E-state index contributed by atoms with van der Waals surface area (Å²) in [5, 5.41) is 12.4. The summed E-state index contributed by atoms with van der Waals surface area (Å²) in [7, 11) is 3.19. The minimum atomic E-state index is -0.401. The number of carbonyl (C=O) groups is 2. The number of hydrogen-bond acceptors (Lipinski definition) is 5. The summed E-state index contributed by atoms with van der Waals surface area (Å²) in [6.07, 6.45) is 0.807. The number of carbonyl (C=O) groups excluding carboxylic acids is 2. The molecule has 1 saturated heterocycles. The molecule has 2 atom stereocenters. The molecule has 2 rings (SSSR count). The zero-order chi connectivity index (χ0) is 20.7. The van der Waals surface area contributed by atoms with Crippen LogP contribution >= 0.6 is 0 Å². The molecule has 2 amide bonds. The van der Waals surface area contributed by atoms with E-state index in [1.54, 1.807) is 19.1 Å². The van der Waals surface area contributed by atoms with Gasteiger partial charge in [-0.15, -0.1) is 0 Å². The Bertz CT molecular complexity index is 677. The fourth-order valence-electron chi connectivity index (χ4n) is 3.43. The van der Waals surface area contributed by atoms with E-state index in [1.807, 2.05) is 38.1 Å². The van der Waals surface area contributed by atoms with Crippen LogP contribution in [0.25, 0.3) is 0 Å². The van der Waals surface area contributed by atoms with Crippen molar-refractivity contribution in [1.82, 2.24) is 10.2 Å². The maximum Gasteiger partial charge on any atom is 0.225 e. The molecule has 1 aromatic carbocycles. The second kappa shape index (κ2) is 9.89. The van der Waals surface area contributed by atoms with Gasteiger partial charge in [0.05, 0.1) is 25.7 Å². The lowest BCUT2D eigenvalue weighted by Crippen LogP contribution is -2.50. The number of methoxy groups -OCH3 is 2. The van der Waals surface area contributed by atoms with Crippen molar-refractivity contribution in [2.45, 2.75) is 32.7 Å². The highest BCUT2D eigenvalue weighted by molar-refractivity contribution is 5.85. The van der Waals surface area contributed by atoms with Gasteiger partial charge in [-0.3, -0.25) is 9.59 Å². The van der Waals surface area contributed by atoms with Crippen molar-refractivity contribution in [1.29, 1.82) is 0 Å². The van der Waals surface area contributed by atoms with Gasteiger partial charge in [0.1, 0.15) is 5.75 Å². The highest BCUT2D eigenvalue weighted by Gasteiger charge is 2.40. The molecule has 7 heteroatoms. The third kappa shape index (κ3) is 5.45. The van der Waals surface area contributed by atoms with Gasteiger partial charge in [-0.2, -0.15) is 0 Å². The Hall–Kier alpha value is -2.12. The molecule has 1 heterocycles. The highest BCUT2D eigenvalue weighted by Crippen LogP contribution is 2.38. The Morgan fingerprint density at radius 3 is 2.75 bits per heavy atom. The molecule has 0 unspecified atom stereocenters. The Morgan fingerprint density at radius 1 is 1.36 bits per heavy atom. The number of nitrogens with zero attached hydrogens (tertiary/aromatic N) is 1. The van der Waals surface area contributed by atoms with E-state index in [-0.39, 0.29) is 30.4 Å². The normalized spacial score (nSPS) is 20.2. The average Bonchev–Trinajstić information content (AvgIpc) is 2.71.